The number of aromatic nitrogens is 4. The Morgan fingerprint density at radius 3 is 2.67 bits per heavy atom. The van der Waals surface area contributed by atoms with E-state index >= 15 is 0 Å². The Hall–Kier alpha value is -1.79. The number of alkyl halides is 3. The lowest BCUT2D eigenvalue weighted by molar-refractivity contribution is -0.144. The van der Waals surface area contributed by atoms with Crippen molar-refractivity contribution in [2.75, 3.05) is 0 Å². The fraction of sp³-hybridized carbons (Fsp3) is 0.455. The predicted octanol–water partition coefficient (Wildman–Crippen LogP) is 2.25. The van der Waals surface area contributed by atoms with Crippen LogP contribution in [0.3, 0.4) is 0 Å². The Labute approximate surface area is 102 Å². The minimum atomic E-state index is -4.40. The van der Waals surface area contributed by atoms with Gasteiger partial charge in [-0.15, -0.1) is 0 Å². The summed E-state index contributed by atoms with van der Waals surface area (Å²) in [5.41, 5.74) is -0.559. The Morgan fingerprint density at radius 2 is 2.06 bits per heavy atom. The highest BCUT2D eigenvalue weighted by atomic mass is 19.4. The van der Waals surface area contributed by atoms with Gasteiger partial charge in [0.15, 0.2) is 0 Å². The number of aryl methyl sites for hydroxylation is 2. The molecule has 98 valence electrons. The van der Waals surface area contributed by atoms with Gasteiger partial charge in [-0.25, -0.2) is 4.98 Å². The first-order valence-corrected chi connectivity index (χ1v) is 5.51. The van der Waals surface area contributed by atoms with E-state index < -0.39 is 11.9 Å². The second-order valence-electron chi connectivity index (χ2n) is 3.96. The molecule has 0 saturated heterocycles. The van der Waals surface area contributed by atoms with Gasteiger partial charge in [0.25, 0.3) is 0 Å². The molecule has 0 saturated carbocycles. The lowest BCUT2D eigenvalue weighted by Gasteiger charge is -2.11. The highest BCUT2D eigenvalue weighted by molar-refractivity contribution is 5.21. The van der Waals surface area contributed by atoms with Crippen LogP contribution >= 0.6 is 0 Å². The summed E-state index contributed by atoms with van der Waals surface area (Å²) in [5.74, 6) is 0.756. The molecule has 0 amide bonds. The molecule has 0 aliphatic carbocycles. The van der Waals surface area contributed by atoms with E-state index in [-0.39, 0.29) is 12.1 Å². The second-order valence-corrected chi connectivity index (χ2v) is 3.96. The monoisotopic (exact) mass is 258 g/mol. The predicted molar refractivity (Wildman–Crippen MR) is 58.9 cm³/mol. The summed E-state index contributed by atoms with van der Waals surface area (Å²) in [7, 11) is 1.29. The Balaban J connectivity index is 2.36. The number of rotatable bonds is 3. The summed E-state index contributed by atoms with van der Waals surface area (Å²) < 4.78 is 41.2. The van der Waals surface area contributed by atoms with Crippen LogP contribution in [0, 0.1) is 0 Å². The Bertz CT molecular complexity index is 539. The third-order valence-electron chi connectivity index (χ3n) is 2.74. The van der Waals surface area contributed by atoms with Gasteiger partial charge in [0.05, 0.1) is 12.7 Å². The van der Waals surface area contributed by atoms with Crippen LogP contribution in [0.25, 0.3) is 0 Å². The highest BCUT2D eigenvalue weighted by Crippen LogP contribution is 2.31. The van der Waals surface area contributed by atoms with Crippen LogP contribution in [-0.4, -0.2) is 19.3 Å². The zero-order valence-electron chi connectivity index (χ0n) is 10.1. The minimum Gasteiger partial charge on any atom is -0.330 e. The van der Waals surface area contributed by atoms with Crippen molar-refractivity contribution >= 4 is 0 Å². The molecule has 0 fully saturated rings. The number of imidazole rings is 1. The van der Waals surface area contributed by atoms with Gasteiger partial charge in [0.1, 0.15) is 11.5 Å². The summed E-state index contributed by atoms with van der Waals surface area (Å²) in [6.45, 7) is 2.04. The van der Waals surface area contributed by atoms with Gasteiger partial charge in [-0.05, 0) is 0 Å². The van der Waals surface area contributed by atoms with Crippen LogP contribution in [0.5, 0.6) is 0 Å². The fourth-order valence-corrected chi connectivity index (χ4v) is 1.95. The SMILES string of the molecule is CCc1nccn1Cc1cnn(C)c1C(F)(F)F. The van der Waals surface area contributed by atoms with Crippen LogP contribution in [0.15, 0.2) is 18.6 Å². The second kappa shape index (κ2) is 4.47. The van der Waals surface area contributed by atoms with E-state index in [9.17, 15) is 13.2 Å². The Kier molecular flexibility index (Phi) is 3.14. The molecule has 2 aromatic heterocycles. The number of hydrogen-bond acceptors (Lipinski definition) is 2. The summed E-state index contributed by atoms with van der Waals surface area (Å²) >= 11 is 0. The van der Waals surface area contributed by atoms with E-state index in [0.717, 1.165) is 10.5 Å². The van der Waals surface area contributed by atoms with Crippen molar-refractivity contribution in [3.8, 4) is 0 Å². The fourth-order valence-electron chi connectivity index (χ4n) is 1.95. The van der Waals surface area contributed by atoms with Gasteiger partial charge in [0, 0.05) is 31.4 Å². The summed E-state index contributed by atoms with van der Waals surface area (Å²) in [4.78, 5) is 4.08. The molecule has 4 nitrogen and oxygen atoms in total. The van der Waals surface area contributed by atoms with Crippen molar-refractivity contribution in [1.29, 1.82) is 0 Å². The van der Waals surface area contributed by atoms with E-state index in [1.54, 1.807) is 17.0 Å². The number of nitrogens with zero attached hydrogens (tertiary/aromatic N) is 4. The first kappa shape index (κ1) is 12.7. The lowest BCUT2D eigenvalue weighted by atomic mass is 10.2. The molecule has 0 N–H and O–H groups in total. The number of halogens is 3. The lowest BCUT2D eigenvalue weighted by Crippen LogP contribution is -2.16. The molecule has 0 aliphatic heterocycles. The highest BCUT2D eigenvalue weighted by Gasteiger charge is 2.37. The van der Waals surface area contributed by atoms with Gasteiger partial charge in [-0.1, -0.05) is 6.92 Å². The van der Waals surface area contributed by atoms with Crippen molar-refractivity contribution in [3.05, 3.63) is 35.7 Å². The molecule has 2 aromatic rings. The van der Waals surface area contributed by atoms with Gasteiger partial charge in [-0.3, -0.25) is 4.68 Å². The molecule has 0 aromatic carbocycles. The van der Waals surface area contributed by atoms with Crippen molar-refractivity contribution < 1.29 is 13.2 Å². The molecule has 0 unspecified atom stereocenters. The van der Waals surface area contributed by atoms with Crippen LogP contribution in [0.2, 0.25) is 0 Å². The maximum absolute atomic E-state index is 12.9. The molecule has 0 bridgehead atoms. The molecule has 0 spiro atoms. The quantitative estimate of drug-likeness (QED) is 0.846. The third-order valence-corrected chi connectivity index (χ3v) is 2.74. The standard InChI is InChI=1S/C11H13F3N4/c1-3-9-15-4-5-18(9)7-8-6-16-17(2)10(8)11(12,13)14/h4-6H,3,7H2,1-2H3. The van der Waals surface area contributed by atoms with E-state index in [0.29, 0.717) is 6.42 Å². The van der Waals surface area contributed by atoms with Crippen molar-refractivity contribution in [3.63, 3.8) is 0 Å². The zero-order valence-corrected chi connectivity index (χ0v) is 10.1. The average molecular weight is 258 g/mol. The average Bonchev–Trinajstić information content (AvgIpc) is 2.84. The summed E-state index contributed by atoms with van der Waals surface area (Å²) in [5, 5.41) is 3.68. The molecule has 2 heterocycles. The molecule has 2 rings (SSSR count). The van der Waals surface area contributed by atoms with Crippen molar-refractivity contribution in [2.45, 2.75) is 26.1 Å². The molecule has 0 radical (unpaired) electrons. The Morgan fingerprint density at radius 1 is 1.33 bits per heavy atom. The molecular formula is C11H13F3N4. The summed E-state index contributed by atoms with van der Waals surface area (Å²) in [6, 6.07) is 0. The van der Waals surface area contributed by atoms with E-state index in [1.807, 2.05) is 6.92 Å². The van der Waals surface area contributed by atoms with E-state index in [2.05, 4.69) is 10.1 Å². The third kappa shape index (κ3) is 2.25. The van der Waals surface area contributed by atoms with E-state index in [4.69, 9.17) is 0 Å². The van der Waals surface area contributed by atoms with Gasteiger partial charge in [-0.2, -0.15) is 18.3 Å². The van der Waals surface area contributed by atoms with Gasteiger partial charge >= 0.3 is 6.18 Å². The van der Waals surface area contributed by atoms with Gasteiger partial charge in [0.2, 0.25) is 0 Å². The molecular weight excluding hydrogens is 245 g/mol. The normalized spacial score (nSPS) is 12.1. The van der Waals surface area contributed by atoms with Crippen molar-refractivity contribution in [1.82, 2.24) is 19.3 Å². The molecule has 0 aliphatic rings. The summed E-state index contributed by atoms with van der Waals surface area (Å²) in [6.07, 6.45) is 0.791. The van der Waals surface area contributed by atoms with Crippen LogP contribution in [-0.2, 0) is 26.2 Å². The van der Waals surface area contributed by atoms with E-state index in [1.165, 1.54) is 13.2 Å². The van der Waals surface area contributed by atoms with Crippen LogP contribution in [0.4, 0.5) is 13.2 Å². The first-order valence-electron chi connectivity index (χ1n) is 5.51. The van der Waals surface area contributed by atoms with Gasteiger partial charge < -0.3 is 4.57 Å². The van der Waals surface area contributed by atoms with Crippen LogP contribution in [0.1, 0.15) is 24.0 Å². The molecule has 18 heavy (non-hydrogen) atoms. The number of hydrogen-bond donors (Lipinski definition) is 0. The molecule has 0 atom stereocenters. The van der Waals surface area contributed by atoms with Crippen molar-refractivity contribution in [2.24, 2.45) is 7.05 Å². The zero-order chi connectivity index (χ0) is 13.3. The largest absolute Gasteiger partial charge is 0.433 e. The maximum Gasteiger partial charge on any atom is 0.433 e. The first-order chi connectivity index (χ1) is 8.43. The topological polar surface area (TPSA) is 35.6 Å². The van der Waals surface area contributed by atoms with Crippen LogP contribution < -0.4 is 0 Å². The smallest absolute Gasteiger partial charge is 0.330 e. The minimum absolute atomic E-state index is 0.131. The maximum atomic E-state index is 12.9. The molecule has 7 heteroatoms.